The van der Waals surface area contributed by atoms with Gasteiger partial charge in [-0.05, 0) is 31.7 Å². The van der Waals surface area contributed by atoms with Crippen LogP contribution < -0.4 is 19.8 Å². The molecule has 1 aromatic carbocycles. The van der Waals surface area contributed by atoms with Crippen LogP contribution in [0.4, 0.5) is 0 Å². The van der Waals surface area contributed by atoms with Gasteiger partial charge in [0.1, 0.15) is 10.5 Å². The molecule has 1 aliphatic carbocycles. The second-order valence-corrected chi connectivity index (χ2v) is 7.57. The van der Waals surface area contributed by atoms with Gasteiger partial charge < -0.3 is 14.2 Å². The summed E-state index contributed by atoms with van der Waals surface area (Å²) in [5.41, 5.74) is 1.48. The standard InChI is InChI=1S/C19H21N3O4S/c1-24-13-8-11-16(18(26-3)17(13)25-2)20-10-22(19(11)23)9-15-21-12-6-4-5-7-14(12)27-15/h8,10H,4-7,9H2,1-3H3. The molecule has 4 rings (SSSR count). The molecule has 0 amide bonds. The molecule has 27 heavy (non-hydrogen) atoms. The second kappa shape index (κ2) is 7.19. The van der Waals surface area contributed by atoms with Gasteiger partial charge in [0, 0.05) is 4.88 Å². The van der Waals surface area contributed by atoms with Crippen molar-refractivity contribution in [2.24, 2.45) is 0 Å². The van der Waals surface area contributed by atoms with Crippen molar-refractivity contribution in [3.05, 3.63) is 38.3 Å². The van der Waals surface area contributed by atoms with Crippen molar-refractivity contribution in [2.45, 2.75) is 32.2 Å². The Morgan fingerprint density at radius 1 is 1.11 bits per heavy atom. The van der Waals surface area contributed by atoms with E-state index in [1.54, 1.807) is 28.3 Å². The first-order valence-corrected chi connectivity index (χ1v) is 9.63. The number of benzene rings is 1. The Balaban J connectivity index is 1.80. The van der Waals surface area contributed by atoms with Crippen LogP contribution >= 0.6 is 11.3 Å². The molecule has 2 heterocycles. The number of aromatic nitrogens is 3. The first kappa shape index (κ1) is 17.8. The topological polar surface area (TPSA) is 75.5 Å². The number of thiazole rings is 1. The smallest absolute Gasteiger partial charge is 0.261 e. The third kappa shape index (κ3) is 3.03. The molecule has 1 aliphatic rings. The van der Waals surface area contributed by atoms with Crippen molar-refractivity contribution in [1.29, 1.82) is 0 Å². The molecule has 0 N–H and O–H groups in total. The summed E-state index contributed by atoms with van der Waals surface area (Å²) in [6, 6.07) is 1.65. The summed E-state index contributed by atoms with van der Waals surface area (Å²) in [6.45, 7) is 0.413. The van der Waals surface area contributed by atoms with E-state index in [2.05, 4.69) is 4.98 Å². The Kier molecular flexibility index (Phi) is 4.73. The fourth-order valence-corrected chi connectivity index (χ4v) is 4.65. The molecule has 2 aromatic heterocycles. The molecular weight excluding hydrogens is 366 g/mol. The molecule has 0 atom stereocenters. The van der Waals surface area contributed by atoms with Gasteiger partial charge in [-0.25, -0.2) is 9.97 Å². The molecule has 8 heteroatoms. The number of hydrogen-bond donors (Lipinski definition) is 0. The van der Waals surface area contributed by atoms with E-state index in [9.17, 15) is 4.79 Å². The first-order valence-electron chi connectivity index (χ1n) is 8.81. The summed E-state index contributed by atoms with van der Waals surface area (Å²) in [5.74, 6) is 1.24. The number of ether oxygens (including phenoxy) is 3. The van der Waals surface area contributed by atoms with Gasteiger partial charge in [0.15, 0.2) is 11.5 Å². The fraction of sp³-hybridized carbons (Fsp3) is 0.421. The van der Waals surface area contributed by atoms with Crippen LogP contribution in [0.15, 0.2) is 17.2 Å². The van der Waals surface area contributed by atoms with Crippen molar-refractivity contribution in [1.82, 2.24) is 14.5 Å². The first-order chi connectivity index (χ1) is 13.2. The van der Waals surface area contributed by atoms with E-state index in [0.717, 1.165) is 17.8 Å². The van der Waals surface area contributed by atoms with E-state index in [1.165, 1.54) is 44.7 Å². The highest BCUT2D eigenvalue weighted by Crippen LogP contribution is 2.41. The molecule has 142 valence electrons. The SMILES string of the molecule is COc1cc2c(=O)n(Cc3nc4c(s3)CCCC4)cnc2c(OC)c1OC. The van der Waals surface area contributed by atoms with Crippen LogP contribution in [0.5, 0.6) is 17.2 Å². The Labute approximate surface area is 160 Å². The van der Waals surface area contributed by atoms with Crippen LogP contribution in [0.25, 0.3) is 10.9 Å². The molecule has 3 aromatic rings. The highest BCUT2D eigenvalue weighted by atomic mass is 32.1. The molecule has 7 nitrogen and oxygen atoms in total. The summed E-state index contributed by atoms with van der Waals surface area (Å²) < 4.78 is 17.8. The quantitative estimate of drug-likeness (QED) is 0.670. The van der Waals surface area contributed by atoms with E-state index < -0.39 is 0 Å². The average Bonchev–Trinajstić information content (AvgIpc) is 3.11. The molecular formula is C19H21N3O4S. The Morgan fingerprint density at radius 3 is 2.59 bits per heavy atom. The zero-order chi connectivity index (χ0) is 19.0. The van der Waals surface area contributed by atoms with E-state index in [1.807, 2.05) is 0 Å². The van der Waals surface area contributed by atoms with Crippen molar-refractivity contribution in [3.8, 4) is 17.2 Å². The van der Waals surface area contributed by atoms with Gasteiger partial charge in [0.25, 0.3) is 5.56 Å². The lowest BCUT2D eigenvalue weighted by atomic mass is 10.0. The minimum atomic E-state index is -0.160. The van der Waals surface area contributed by atoms with Gasteiger partial charge in [-0.1, -0.05) is 0 Å². The van der Waals surface area contributed by atoms with Crippen molar-refractivity contribution >= 4 is 22.2 Å². The van der Waals surface area contributed by atoms with E-state index in [-0.39, 0.29) is 5.56 Å². The lowest BCUT2D eigenvalue weighted by Crippen LogP contribution is -2.21. The van der Waals surface area contributed by atoms with Crippen LogP contribution in [0.3, 0.4) is 0 Å². The Morgan fingerprint density at radius 2 is 1.89 bits per heavy atom. The number of aryl methyl sites for hydroxylation is 2. The highest BCUT2D eigenvalue weighted by molar-refractivity contribution is 7.11. The van der Waals surface area contributed by atoms with E-state index >= 15 is 0 Å². The molecule has 0 spiro atoms. The molecule has 0 bridgehead atoms. The van der Waals surface area contributed by atoms with Crippen LogP contribution in [-0.2, 0) is 19.4 Å². The molecule has 0 radical (unpaired) electrons. The minimum absolute atomic E-state index is 0.160. The summed E-state index contributed by atoms with van der Waals surface area (Å²) in [4.78, 5) is 23.6. The maximum Gasteiger partial charge on any atom is 0.261 e. The van der Waals surface area contributed by atoms with Gasteiger partial charge in [0.05, 0.1) is 45.3 Å². The monoisotopic (exact) mass is 387 g/mol. The molecule has 0 aliphatic heterocycles. The van der Waals surface area contributed by atoms with Gasteiger partial charge in [-0.2, -0.15) is 0 Å². The molecule has 0 fully saturated rings. The zero-order valence-electron chi connectivity index (χ0n) is 15.6. The lowest BCUT2D eigenvalue weighted by molar-refractivity contribution is 0.326. The van der Waals surface area contributed by atoms with Gasteiger partial charge in [-0.15, -0.1) is 11.3 Å². The maximum absolute atomic E-state index is 13.1. The summed E-state index contributed by atoms with van der Waals surface area (Å²) in [7, 11) is 4.57. The normalized spacial score (nSPS) is 13.4. The van der Waals surface area contributed by atoms with Crippen molar-refractivity contribution in [3.63, 3.8) is 0 Å². The maximum atomic E-state index is 13.1. The van der Waals surface area contributed by atoms with E-state index in [4.69, 9.17) is 19.2 Å². The highest BCUT2D eigenvalue weighted by Gasteiger charge is 2.20. The van der Waals surface area contributed by atoms with Crippen LogP contribution in [0.1, 0.15) is 28.4 Å². The summed E-state index contributed by atoms with van der Waals surface area (Å²) >= 11 is 1.70. The largest absolute Gasteiger partial charge is 0.493 e. The minimum Gasteiger partial charge on any atom is -0.493 e. The predicted octanol–water partition coefficient (Wildman–Crippen LogP) is 2.81. The molecule has 0 saturated heterocycles. The molecule has 0 saturated carbocycles. The molecule has 0 unspecified atom stereocenters. The van der Waals surface area contributed by atoms with Gasteiger partial charge in [0.2, 0.25) is 5.75 Å². The van der Waals surface area contributed by atoms with Crippen LogP contribution in [0.2, 0.25) is 0 Å². The Hall–Kier alpha value is -2.61. The number of hydrogen-bond acceptors (Lipinski definition) is 7. The van der Waals surface area contributed by atoms with Gasteiger partial charge in [-0.3, -0.25) is 9.36 Å². The fourth-order valence-electron chi connectivity index (χ4n) is 3.50. The summed E-state index contributed by atoms with van der Waals surface area (Å²) in [5, 5.41) is 1.37. The predicted molar refractivity (Wildman–Crippen MR) is 104 cm³/mol. The van der Waals surface area contributed by atoms with Crippen LogP contribution in [0, 0.1) is 0 Å². The van der Waals surface area contributed by atoms with Crippen LogP contribution in [-0.4, -0.2) is 35.9 Å². The zero-order valence-corrected chi connectivity index (χ0v) is 16.4. The number of nitrogens with zero attached hydrogens (tertiary/aromatic N) is 3. The number of fused-ring (bicyclic) bond motifs is 2. The second-order valence-electron chi connectivity index (χ2n) is 6.40. The third-order valence-corrected chi connectivity index (χ3v) is 5.96. The van der Waals surface area contributed by atoms with Gasteiger partial charge >= 0.3 is 0 Å². The third-order valence-electron chi connectivity index (χ3n) is 4.82. The number of rotatable bonds is 5. The lowest BCUT2D eigenvalue weighted by Gasteiger charge is -2.14. The number of methoxy groups -OCH3 is 3. The van der Waals surface area contributed by atoms with Crippen molar-refractivity contribution in [2.75, 3.05) is 21.3 Å². The summed E-state index contributed by atoms with van der Waals surface area (Å²) in [6.07, 6.45) is 6.07. The van der Waals surface area contributed by atoms with Crippen molar-refractivity contribution < 1.29 is 14.2 Å². The Bertz CT molecular complexity index is 1030. The van der Waals surface area contributed by atoms with E-state index in [0.29, 0.717) is 34.7 Å². The average molecular weight is 387 g/mol.